The Kier molecular flexibility index (Phi) is 4.94. The summed E-state index contributed by atoms with van der Waals surface area (Å²) in [7, 11) is 0. The predicted octanol–water partition coefficient (Wildman–Crippen LogP) is 4.63. The normalized spacial score (nSPS) is 11.1. The maximum atomic E-state index is 13.0. The van der Waals surface area contributed by atoms with E-state index < -0.39 is 17.4 Å². The van der Waals surface area contributed by atoms with Gasteiger partial charge in [0, 0.05) is 11.8 Å². The summed E-state index contributed by atoms with van der Waals surface area (Å²) in [5.41, 5.74) is 0.406. The van der Waals surface area contributed by atoms with Gasteiger partial charge in [-0.1, -0.05) is 11.8 Å². The van der Waals surface area contributed by atoms with Crippen molar-refractivity contribution in [3.05, 3.63) is 53.5 Å². The number of thioether (sulfide) groups is 1. The molecule has 2 nitrogen and oxygen atoms in total. The average Bonchev–Trinajstić information content (AvgIpc) is 2.86. The van der Waals surface area contributed by atoms with Crippen LogP contribution in [0.1, 0.15) is 11.5 Å². The molecule has 0 spiro atoms. The van der Waals surface area contributed by atoms with Gasteiger partial charge >= 0.3 is 0 Å². The van der Waals surface area contributed by atoms with E-state index in [1.54, 1.807) is 12.1 Å². The summed E-state index contributed by atoms with van der Waals surface area (Å²) in [6, 6.07) is 6.71. The minimum absolute atomic E-state index is 0.0862. The van der Waals surface area contributed by atoms with Crippen molar-refractivity contribution in [1.29, 1.82) is 0 Å². The highest BCUT2D eigenvalue weighted by atomic mass is 32.2. The van der Waals surface area contributed by atoms with Crippen molar-refractivity contribution in [2.24, 2.45) is 0 Å². The number of hydrogen-bond acceptors (Lipinski definition) is 3. The summed E-state index contributed by atoms with van der Waals surface area (Å²) in [4.78, 5) is 0. The molecule has 1 N–H and O–H groups in total. The van der Waals surface area contributed by atoms with E-state index in [1.807, 2.05) is 0 Å². The number of benzene rings is 1. The van der Waals surface area contributed by atoms with E-state index >= 15 is 0 Å². The Labute approximate surface area is 117 Å². The SMILES string of the molecule is Fc1ccc(NCc2ccc(CSC(F)F)o2)cc1F. The van der Waals surface area contributed by atoms with Crippen LogP contribution in [0.5, 0.6) is 0 Å². The number of halogens is 4. The molecule has 2 rings (SSSR count). The third-order valence-corrected chi connectivity index (χ3v) is 3.16. The average molecular weight is 305 g/mol. The molecular formula is C13H11F4NOS. The zero-order valence-corrected chi connectivity index (χ0v) is 11.0. The molecular weight excluding hydrogens is 294 g/mol. The summed E-state index contributed by atoms with van der Waals surface area (Å²) in [6.45, 7) is 0.254. The van der Waals surface area contributed by atoms with Gasteiger partial charge in [0.05, 0.1) is 12.3 Å². The third kappa shape index (κ3) is 4.19. The zero-order chi connectivity index (χ0) is 14.5. The van der Waals surface area contributed by atoms with Crippen molar-refractivity contribution in [3.8, 4) is 0 Å². The summed E-state index contributed by atoms with van der Waals surface area (Å²) in [5, 5.41) is 2.85. The van der Waals surface area contributed by atoms with Crippen molar-refractivity contribution in [3.63, 3.8) is 0 Å². The van der Waals surface area contributed by atoms with Gasteiger partial charge in [-0.25, -0.2) is 8.78 Å². The van der Waals surface area contributed by atoms with Crippen LogP contribution in [-0.2, 0) is 12.3 Å². The van der Waals surface area contributed by atoms with Crippen molar-refractivity contribution in [2.75, 3.05) is 5.32 Å². The van der Waals surface area contributed by atoms with Crippen LogP contribution < -0.4 is 5.32 Å². The predicted molar refractivity (Wildman–Crippen MR) is 69.7 cm³/mol. The second-order valence-electron chi connectivity index (χ2n) is 3.92. The van der Waals surface area contributed by atoms with Gasteiger partial charge in [0.15, 0.2) is 11.6 Å². The van der Waals surface area contributed by atoms with Crippen molar-refractivity contribution < 1.29 is 22.0 Å². The fourth-order valence-electron chi connectivity index (χ4n) is 1.54. The topological polar surface area (TPSA) is 25.2 Å². The molecule has 1 heterocycles. The lowest BCUT2D eigenvalue weighted by Crippen LogP contribution is -1.99. The molecule has 0 saturated carbocycles. The van der Waals surface area contributed by atoms with Gasteiger partial charge in [0.25, 0.3) is 5.76 Å². The van der Waals surface area contributed by atoms with E-state index in [1.165, 1.54) is 6.07 Å². The fourth-order valence-corrected chi connectivity index (χ4v) is 1.98. The molecule has 0 aliphatic heterocycles. The lowest BCUT2D eigenvalue weighted by Gasteiger charge is -2.04. The van der Waals surface area contributed by atoms with Crippen LogP contribution in [0.4, 0.5) is 23.2 Å². The zero-order valence-electron chi connectivity index (χ0n) is 10.2. The molecule has 108 valence electrons. The Balaban J connectivity index is 1.89. The fraction of sp³-hybridized carbons (Fsp3) is 0.231. The van der Waals surface area contributed by atoms with Gasteiger partial charge in [0.1, 0.15) is 11.5 Å². The van der Waals surface area contributed by atoms with E-state index in [0.717, 1.165) is 12.1 Å². The van der Waals surface area contributed by atoms with Crippen LogP contribution in [0.15, 0.2) is 34.7 Å². The monoisotopic (exact) mass is 305 g/mol. The summed E-state index contributed by atoms with van der Waals surface area (Å²) >= 11 is 0.477. The highest BCUT2D eigenvalue weighted by Gasteiger charge is 2.08. The van der Waals surface area contributed by atoms with E-state index in [-0.39, 0.29) is 12.3 Å². The number of alkyl halides is 2. The largest absolute Gasteiger partial charge is 0.463 e. The molecule has 0 bridgehead atoms. The second-order valence-corrected chi connectivity index (χ2v) is 4.90. The smallest absolute Gasteiger partial charge is 0.284 e. The van der Waals surface area contributed by atoms with Crippen LogP contribution in [0, 0.1) is 11.6 Å². The minimum Gasteiger partial charge on any atom is -0.463 e. The first-order chi connectivity index (χ1) is 9.54. The lowest BCUT2D eigenvalue weighted by molar-refractivity contribution is 0.251. The maximum Gasteiger partial charge on any atom is 0.284 e. The molecule has 0 fully saturated rings. The van der Waals surface area contributed by atoms with E-state index in [0.29, 0.717) is 29.0 Å². The van der Waals surface area contributed by atoms with E-state index in [9.17, 15) is 17.6 Å². The van der Waals surface area contributed by atoms with Crippen molar-refractivity contribution >= 4 is 17.4 Å². The van der Waals surface area contributed by atoms with Gasteiger partial charge in [-0.05, 0) is 24.3 Å². The second kappa shape index (κ2) is 6.69. The van der Waals surface area contributed by atoms with Crippen LogP contribution in [-0.4, -0.2) is 5.76 Å². The number of hydrogen-bond donors (Lipinski definition) is 1. The van der Waals surface area contributed by atoms with E-state index in [2.05, 4.69) is 5.32 Å². The first-order valence-corrected chi connectivity index (χ1v) is 6.76. The molecule has 0 aliphatic rings. The number of nitrogens with one attached hydrogen (secondary N) is 1. The van der Waals surface area contributed by atoms with Crippen molar-refractivity contribution in [2.45, 2.75) is 18.1 Å². The Hall–Kier alpha value is -1.63. The maximum absolute atomic E-state index is 13.0. The van der Waals surface area contributed by atoms with Gasteiger partial charge < -0.3 is 9.73 Å². The number of anilines is 1. The lowest BCUT2D eigenvalue weighted by atomic mass is 10.3. The Morgan fingerprint density at radius 1 is 1.05 bits per heavy atom. The van der Waals surface area contributed by atoms with Gasteiger partial charge in [0.2, 0.25) is 0 Å². The van der Waals surface area contributed by atoms with Crippen molar-refractivity contribution in [1.82, 2.24) is 0 Å². The molecule has 0 saturated heterocycles. The molecule has 7 heteroatoms. The van der Waals surface area contributed by atoms with E-state index in [4.69, 9.17) is 4.42 Å². The third-order valence-electron chi connectivity index (χ3n) is 2.46. The standard InChI is InChI=1S/C13H11F4NOS/c14-11-4-1-8(5-12(11)15)18-6-9-2-3-10(19-9)7-20-13(16)17/h1-5,13,18H,6-7H2. The van der Waals surface area contributed by atoms with Crippen LogP contribution in [0.2, 0.25) is 0 Å². The minimum atomic E-state index is -2.44. The van der Waals surface area contributed by atoms with Crippen LogP contribution in [0.25, 0.3) is 0 Å². The van der Waals surface area contributed by atoms with Gasteiger partial charge in [-0.15, -0.1) is 0 Å². The molecule has 0 aliphatic carbocycles. The molecule has 1 aromatic heterocycles. The molecule has 0 unspecified atom stereocenters. The number of furan rings is 1. The molecule has 20 heavy (non-hydrogen) atoms. The summed E-state index contributed by atoms with van der Waals surface area (Å²) in [5.74, 6) is -3.24. The summed E-state index contributed by atoms with van der Waals surface area (Å²) in [6.07, 6.45) is 0. The molecule has 1 aromatic carbocycles. The Bertz CT molecular complexity index is 573. The first-order valence-electron chi connectivity index (χ1n) is 5.71. The van der Waals surface area contributed by atoms with Gasteiger partial charge in [-0.3, -0.25) is 0 Å². The Morgan fingerprint density at radius 2 is 1.80 bits per heavy atom. The quantitative estimate of drug-likeness (QED) is 0.788. The van der Waals surface area contributed by atoms with Crippen LogP contribution in [0.3, 0.4) is 0 Å². The molecule has 2 aromatic rings. The first kappa shape index (κ1) is 14.8. The van der Waals surface area contributed by atoms with Gasteiger partial charge in [-0.2, -0.15) is 8.78 Å². The molecule has 0 atom stereocenters. The van der Waals surface area contributed by atoms with Crippen LogP contribution >= 0.6 is 11.8 Å². The summed E-state index contributed by atoms with van der Waals surface area (Å²) < 4.78 is 55.0. The Morgan fingerprint density at radius 3 is 2.50 bits per heavy atom. The number of rotatable bonds is 6. The highest BCUT2D eigenvalue weighted by molar-refractivity contribution is 7.98. The molecule has 0 radical (unpaired) electrons. The molecule has 0 amide bonds. The highest BCUT2D eigenvalue weighted by Crippen LogP contribution is 2.21.